The number of furan rings is 1. The molecule has 1 aromatic heterocycles. The molecule has 0 aliphatic heterocycles. The number of carbonyl (C=O) groups is 2. The fourth-order valence-corrected chi connectivity index (χ4v) is 2.46. The number of nitrogens with one attached hydrogen (secondary N) is 2. The van der Waals surface area contributed by atoms with Crippen molar-refractivity contribution in [2.24, 2.45) is 0 Å². The van der Waals surface area contributed by atoms with Crippen molar-refractivity contribution < 1.29 is 14.0 Å². The number of amides is 2. The number of rotatable bonds is 6. The standard InChI is InChI=1S/C18H24N2O3/c1-5-8-19-18(22)13(4)20-16(21)9-14-10-23-17-12(3)11(2)6-7-15(14)17/h6-7,10,13H,5,8-9H2,1-4H3,(H,19,22)(H,20,21)/t13-/m0/s1. The molecule has 5 heteroatoms. The maximum absolute atomic E-state index is 12.2. The zero-order chi connectivity index (χ0) is 17.0. The molecule has 2 rings (SSSR count). The Morgan fingerprint density at radius 2 is 2.00 bits per heavy atom. The van der Waals surface area contributed by atoms with Crippen molar-refractivity contribution in [2.45, 2.75) is 46.6 Å². The van der Waals surface area contributed by atoms with E-state index in [9.17, 15) is 9.59 Å². The van der Waals surface area contributed by atoms with Crippen LogP contribution in [0.5, 0.6) is 0 Å². The summed E-state index contributed by atoms with van der Waals surface area (Å²) in [7, 11) is 0. The van der Waals surface area contributed by atoms with Gasteiger partial charge in [-0.15, -0.1) is 0 Å². The van der Waals surface area contributed by atoms with Gasteiger partial charge in [0.15, 0.2) is 0 Å². The molecule has 1 atom stereocenters. The summed E-state index contributed by atoms with van der Waals surface area (Å²) in [6, 6.07) is 3.45. The van der Waals surface area contributed by atoms with Crippen molar-refractivity contribution in [2.75, 3.05) is 6.54 Å². The summed E-state index contributed by atoms with van der Waals surface area (Å²) in [4.78, 5) is 24.0. The van der Waals surface area contributed by atoms with Crippen LogP contribution in [0.1, 0.15) is 37.0 Å². The van der Waals surface area contributed by atoms with Crippen molar-refractivity contribution in [1.82, 2.24) is 10.6 Å². The minimum absolute atomic E-state index is 0.163. The van der Waals surface area contributed by atoms with Crippen LogP contribution in [0.25, 0.3) is 11.0 Å². The van der Waals surface area contributed by atoms with Crippen LogP contribution in [0.3, 0.4) is 0 Å². The van der Waals surface area contributed by atoms with E-state index in [-0.39, 0.29) is 18.2 Å². The minimum atomic E-state index is -0.545. The lowest BCUT2D eigenvalue weighted by molar-refractivity contribution is -0.128. The molecule has 0 bridgehead atoms. The molecule has 2 N–H and O–H groups in total. The molecule has 2 amide bonds. The van der Waals surface area contributed by atoms with Crippen molar-refractivity contribution in [3.05, 3.63) is 35.1 Å². The van der Waals surface area contributed by atoms with Crippen molar-refractivity contribution >= 4 is 22.8 Å². The summed E-state index contributed by atoms with van der Waals surface area (Å²) in [6.07, 6.45) is 2.69. The zero-order valence-electron chi connectivity index (χ0n) is 14.2. The van der Waals surface area contributed by atoms with Gasteiger partial charge in [-0.1, -0.05) is 19.1 Å². The fraction of sp³-hybridized carbons (Fsp3) is 0.444. The largest absolute Gasteiger partial charge is 0.464 e. The van der Waals surface area contributed by atoms with Crippen LogP contribution in [0.4, 0.5) is 0 Å². The summed E-state index contributed by atoms with van der Waals surface area (Å²) in [6.45, 7) is 8.32. The second kappa shape index (κ2) is 7.31. The van der Waals surface area contributed by atoms with E-state index in [1.54, 1.807) is 13.2 Å². The fourth-order valence-electron chi connectivity index (χ4n) is 2.46. The van der Waals surface area contributed by atoms with E-state index in [0.717, 1.165) is 34.1 Å². The molecule has 0 aliphatic rings. The average molecular weight is 316 g/mol. The molecule has 124 valence electrons. The first-order valence-electron chi connectivity index (χ1n) is 7.97. The maximum Gasteiger partial charge on any atom is 0.242 e. The summed E-state index contributed by atoms with van der Waals surface area (Å²) in [5.41, 5.74) is 3.90. The van der Waals surface area contributed by atoms with Crippen LogP contribution in [-0.2, 0) is 16.0 Å². The summed E-state index contributed by atoms with van der Waals surface area (Å²) >= 11 is 0. The molecule has 0 saturated heterocycles. The van der Waals surface area contributed by atoms with Gasteiger partial charge in [0.05, 0.1) is 12.7 Å². The first kappa shape index (κ1) is 17.1. The lowest BCUT2D eigenvalue weighted by Crippen LogP contribution is -2.45. The Morgan fingerprint density at radius 1 is 1.26 bits per heavy atom. The topological polar surface area (TPSA) is 71.3 Å². The Balaban J connectivity index is 2.03. The number of carbonyl (C=O) groups excluding carboxylic acids is 2. The monoisotopic (exact) mass is 316 g/mol. The Kier molecular flexibility index (Phi) is 5.42. The normalized spacial score (nSPS) is 12.2. The van der Waals surface area contributed by atoms with Gasteiger partial charge in [0, 0.05) is 17.5 Å². The smallest absolute Gasteiger partial charge is 0.242 e. The number of benzene rings is 1. The first-order chi connectivity index (χ1) is 10.9. The van der Waals surface area contributed by atoms with Crippen LogP contribution in [0, 0.1) is 13.8 Å². The van der Waals surface area contributed by atoms with Crippen LogP contribution in [-0.4, -0.2) is 24.4 Å². The van der Waals surface area contributed by atoms with Crippen molar-refractivity contribution in [1.29, 1.82) is 0 Å². The molecule has 0 unspecified atom stereocenters. The van der Waals surface area contributed by atoms with E-state index in [1.165, 1.54) is 0 Å². The Bertz CT molecular complexity index is 718. The van der Waals surface area contributed by atoms with Crippen LogP contribution in [0.15, 0.2) is 22.8 Å². The molecule has 0 saturated carbocycles. The molecule has 0 aliphatic carbocycles. The van der Waals surface area contributed by atoms with Gasteiger partial charge in [0.25, 0.3) is 0 Å². The molecule has 0 fully saturated rings. The first-order valence-corrected chi connectivity index (χ1v) is 7.97. The number of hydrogen-bond acceptors (Lipinski definition) is 3. The van der Waals surface area contributed by atoms with Crippen LogP contribution >= 0.6 is 0 Å². The third kappa shape index (κ3) is 3.92. The molecule has 0 radical (unpaired) electrons. The van der Waals surface area contributed by atoms with E-state index >= 15 is 0 Å². The quantitative estimate of drug-likeness (QED) is 0.860. The van der Waals surface area contributed by atoms with E-state index in [2.05, 4.69) is 10.6 Å². The lowest BCUT2D eigenvalue weighted by atomic mass is 10.0. The van der Waals surface area contributed by atoms with Gasteiger partial charge in [-0.2, -0.15) is 0 Å². The van der Waals surface area contributed by atoms with Gasteiger partial charge < -0.3 is 15.1 Å². The molecule has 0 spiro atoms. The van der Waals surface area contributed by atoms with Crippen molar-refractivity contribution in [3.8, 4) is 0 Å². The van der Waals surface area contributed by atoms with E-state index in [0.29, 0.717) is 6.54 Å². The summed E-state index contributed by atoms with van der Waals surface area (Å²) < 4.78 is 5.61. The number of fused-ring (bicyclic) bond motifs is 1. The summed E-state index contributed by atoms with van der Waals surface area (Å²) in [5.74, 6) is -0.353. The van der Waals surface area contributed by atoms with E-state index < -0.39 is 6.04 Å². The highest BCUT2D eigenvalue weighted by Gasteiger charge is 2.17. The van der Waals surface area contributed by atoms with Gasteiger partial charge in [-0.25, -0.2) is 0 Å². The third-order valence-electron chi connectivity index (χ3n) is 4.01. The van der Waals surface area contributed by atoms with E-state index in [4.69, 9.17) is 4.42 Å². The second-order valence-electron chi connectivity index (χ2n) is 5.90. The van der Waals surface area contributed by atoms with Crippen LogP contribution < -0.4 is 10.6 Å². The second-order valence-corrected chi connectivity index (χ2v) is 5.90. The Hall–Kier alpha value is -2.30. The molecule has 2 aromatic rings. The van der Waals surface area contributed by atoms with Crippen LogP contribution in [0.2, 0.25) is 0 Å². The molecule has 1 aromatic carbocycles. The van der Waals surface area contributed by atoms with Gasteiger partial charge in [-0.05, 0) is 38.3 Å². The minimum Gasteiger partial charge on any atom is -0.464 e. The lowest BCUT2D eigenvalue weighted by Gasteiger charge is -2.13. The molecule has 23 heavy (non-hydrogen) atoms. The highest BCUT2D eigenvalue weighted by atomic mass is 16.3. The molecule has 1 heterocycles. The van der Waals surface area contributed by atoms with Gasteiger partial charge in [0.1, 0.15) is 11.6 Å². The highest BCUT2D eigenvalue weighted by molar-refractivity contribution is 5.92. The zero-order valence-corrected chi connectivity index (χ0v) is 14.2. The third-order valence-corrected chi connectivity index (χ3v) is 4.01. The van der Waals surface area contributed by atoms with Gasteiger partial charge in [-0.3, -0.25) is 9.59 Å². The predicted octanol–water partition coefficient (Wildman–Crippen LogP) is 2.62. The Labute approximate surface area is 136 Å². The molecule has 5 nitrogen and oxygen atoms in total. The summed E-state index contributed by atoms with van der Waals surface area (Å²) in [5, 5.41) is 6.44. The van der Waals surface area contributed by atoms with Crippen molar-refractivity contribution in [3.63, 3.8) is 0 Å². The SMILES string of the molecule is CCCNC(=O)[C@H](C)NC(=O)Cc1coc2c(C)c(C)ccc12. The van der Waals surface area contributed by atoms with E-state index in [1.807, 2.05) is 32.9 Å². The number of aryl methyl sites for hydroxylation is 2. The molecular formula is C18H24N2O3. The Morgan fingerprint density at radius 3 is 2.70 bits per heavy atom. The maximum atomic E-state index is 12.2. The predicted molar refractivity (Wildman–Crippen MR) is 90.3 cm³/mol. The average Bonchev–Trinajstić information content (AvgIpc) is 2.91. The highest BCUT2D eigenvalue weighted by Crippen LogP contribution is 2.26. The van der Waals surface area contributed by atoms with Gasteiger partial charge >= 0.3 is 0 Å². The molecular weight excluding hydrogens is 292 g/mol. The van der Waals surface area contributed by atoms with Gasteiger partial charge in [0.2, 0.25) is 11.8 Å². The number of hydrogen-bond donors (Lipinski definition) is 2.